The van der Waals surface area contributed by atoms with Gasteiger partial charge in [0.05, 0.1) is 11.0 Å². The summed E-state index contributed by atoms with van der Waals surface area (Å²) in [5.41, 5.74) is 9.50. The second kappa shape index (κ2) is 7.75. The normalized spacial score (nSPS) is 11.5. The number of fused-ring (bicyclic) bond motifs is 1. The van der Waals surface area contributed by atoms with E-state index >= 15 is 0 Å². The largest absolute Gasteiger partial charge is 0.457 e. The van der Waals surface area contributed by atoms with Crippen LogP contribution in [0.4, 0.5) is 11.6 Å². The molecule has 0 aliphatic rings. The molecule has 2 heterocycles. The average Bonchev–Trinajstić information content (AvgIpc) is 3.02. The average molecular weight is 418 g/mol. The van der Waals surface area contributed by atoms with E-state index in [1.165, 1.54) is 17.8 Å². The minimum absolute atomic E-state index is 0. The third-order valence-electron chi connectivity index (χ3n) is 5.06. The summed E-state index contributed by atoms with van der Waals surface area (Å²) in [4.78, 5) is 20.0. The molecule has 160 valence electrons. The maximum absolute atomic E-state index is 11.3. The van der Waals surface area contributed by atoms with E-state index in [0.717, 1.165) is 22.7 Å². The summed E-state index contributed by atoms with van der Waals surface area (Å²) in [6.45, 7) is 6.58. The number of carbonyl (C=O) groups is 1. The molecule has 0 atom stereocenters. The Labute approximate surface area is 182 Å². The summed E-state index contributed by atoms with van der Waals surface area (Å²) >= 11 is 0. The first-order chi connectivity index (χ1) is 14.7. The monoisotopic (exact) mass is 417 g/mol. The van der Waals surface area contributed by atoms with Crippen LogP contribution in [0, 0.1) is 0 Å². The van der Waals surface area contributed by atoms with Gasteiger partial charge in [0, 0.05) is 32.5 Å². The Morgan fingerprint density at radius 2 is 1.87 bits per heavy atom. The number of pyridine rings is 1. The van der Waals surface area contributed by atoms with Crippen LogP contribution in [0.2, 0.25) is 0 Å². The van der Waals surface area contributed by atoms with Crippen molar-refractivity contribution in [1.82, 2.24) is 14.5 Å². The van der Waals surface area contributed by atoms with Crippen LogP contribution in [-0.4, -0.2) is 20.4 Å². The van der Waals surface area contributed by atoms with E-state index in [-0.39, 0.29) is 12.5 Å². The fourth-order valence-corrected chi connectivity index (χ4v) is 3.29. The number of aryl methyl sites for hydroxylation is 1. The van der Waals surface area contributed by atoms with E-state index in [1.54, 1.807) is 6.07 Å². The highest BCUT2D eigenvalue weighted by Crippen LogP contribution is 2.29. The summed E-state index contributed by atoms with van der Waals surface area (Å²) in [5.74, 6) is 1.22. The van der Waals surface area contributed by atoms with E-state index in [0.29, 0.717) is 11.5 Å². The number of rotatable bonds is 5. The Morgan fingerprint density at radius 1 is 1.10 bits per heavy atom. The number of primary amides is 1. The fraction of sp³-hybridized carbons (Fsp3) is 0.208. The van der Waals surface area contributed by atoms with Crippen LogP contribution in [-0.2, 0) is 12.5 Å². The molecule has 1 amide bonds. The molecule has 0 unspecified atom stereocenters. The van der Waals surface area contributed by atoms with Gasteiger partial charge in [-0.15, -0.1) is 0 Å². The summed E-state index contributed by atoms with van der Waals surface area (Å²) in [6, 6.07) is 17.2. The van der Waals surface area contributed by atoms with E-state index in [9.17, 15) is 4.79 Å². The number of nitrogens with two attached hydrogens (primary N) is 1. The van der Waals surface area contributed by atoms with Crippen LogP contribution in [0.3, 0.4) is 0 Å². The summed E-state index contributed by atoms with van der Waals surface area (Å²) in [5, 5.41) is 3.41. The highest BCUT2D eigenvalue weighted by Gasteiger charge is 2.15. The molecule has 4 rings (SSSR count). The van der Waals surface area contributed by atoms with Crippen molar-refractivity contribution in [1.29, 1.82) is 0 Å². The van der Waals surface area contributed by atoms with Crippen molar-refractivity contribution < 1.29 is 11.0 Å². The van der Waals surface area contributed by atoms with Crippen molar-refractivity contribution in [2.75, 3.05) is 5.32 Å². The number of imidazole rings is 1. The smallest absolute Gasteiger partial charge is 0.267 e. The van der Waals surface area contributed by atoms with Crippen molar-refractivity contribution >= 4 is 28.6 Å². The molecule has 0 spiro atoms. The Hall–Kier alpha value is -3.87. The Bertz CT molecular complexity index is 1280. The molecule has 2 aromatic carbocycles. The number of hydrogen-bond donors (Lipinski definition) is 2. The number of ether oxygens (including phenoxy) is 1. The highest BCUT2D eigenvalue weighted by molar-refractivity contribution is 5.91. The van der Waals surface area contributed by atoms with Gasteiger partial charge in [-0.2, -0.15) is 0 Å². The van der Waals surface area contributed by atoms with Crippen molar-refractivity contribution in [3.63, 3.8) is 0 Å². The molecule has 31 heavy (non-hydrogen) atoms. The zero-order chi connectivity index (χ0) is 22.2. The molecule has 7 heteroatoms. The first-order valence-corrected chi connectivity index (χ1v) is 9.98. The molecule has 0 fully saturated rings. The second-order valence-electron chi connectivity index (χ2n) is 8.44. The minimum Gasteiger partial charge on any atom is -0.457 e. The van der Waals surface area contributed by atoms with Crippen molar-refractivity contribution in [3.8, 4) is 11.5 Å². The van der Waals surface area contributed by atoms with Gasteiger partial charge < -0.3 is 20.4 Å². The molecule has 3 N–H and O–H groups in total. The first kappa shape index (κ1) is 20.4. The van der Waals surface area contributed by atoms with Gasteiger partial charge in [-0.25, -0.2) is 4.98 Å². The van der Waals surface area contributed by atoms with Gasteiger partial charge in [0.1, 0.15) is 17.2 Å². The number of nitrogens with zero attached hydrogens (tertiary/aromatic N) is 3. The van der Waals surface area contributed by atoms with Gasteiger partial charge in [-0.1, -0.05) is 32.9 Å². The lowest BCUT2D eigenvalue weighted by molar-refractivity contribution is 0.0995. The van der Waals surface area contributed by atoms with E-state index < -0.39 is 5.91 Å². The van der Waals surface area contributed by atoms with Gasteiger partial charge in [0.25, 0.3) is 5.91 Å². The maximum atomic E-state index is 11.3. The predicted octanol–water partition coefficient (Wildman–Crippen LogP) is 5.15. The number of hydrogen-bond acceptors (Lipinski definition) is 5. The molecular weight excluding hydrogens is 390 g/mol. The quantitative estimate of drug-likeness (QED) is 0.468. The van der Waals surface area contributed by atoms with Gasteiger partial charge in [-0.05, 0) is 41.3 Å². The summed E-state index contributed by atoms with van der Waals surface area (Å²) < 4.78 is 7.88. The lowest BCUT2D eigenvalue weighted by Gasteiger charge is -2.20. The number of carbonyl (C=O) groups excluding carboxylic acids is 1. The van der Waals surface area contributed by atoms with Crippen molar-refractivity contribution in [2.45, 2.75) is 26.2 Å². The van der Waals surface area contributed by atoms with Crippen molar-refractivity contribution in [3.05, 3.63) is 72.1 Å². The Kier molecular flexibility index (Phi) is 5.10. The first-order valence-electron chi connectivity index (χ1n) is 9.98. The Balaban J connectivity index is 0.00000289. The van der Waals surface area contributed by atoms with Crippen LogP contribution < -0.4 is 15.8 Å². The maximum Gasteiger partial charge on any atom is 0.267 e. The number of amides is 1. The van der Waals surface area contributed by atoms with Gasteiger partial charge in [-0.3, -0.25) is 9.78 Å². The summed E-state index contributed by atoms with van der Waals surface area (Å²) in [6.07, 6.45) is 1.49. The molecule has 0 saturated heterocycles. The molecule has 0 bridgehead atoms. The SMILES string of the molecule is Cn1c(Nc2cccc(C(C)(C)C)c2)nc2cc(Oc3ccnc(C(N)=O)c3)ccc21.[HH]. The molecule has 4 aromatic rings. The van der Waals surface area contributed by atoms with E-state index in [2.05, 4.69) is 43.2 Å². The van der Waals surface area contributed by atoms with Gasteiger partial charge in [0.15, 0.2) is 0 Å². The molecule has 0 aliphatic carbocycles. The standard InChI is InChI=1S/C24H25N5O2.H2/c1-24(2,3)15-6-5-7-16(12-15)27-23-28-19-13-17(8-9-21(19)29(23)4)31-18-10-11-26-20(14-18)22(25)30;/h5-14H,1-4H3,(H2,25,30)(H,27,28);1H. The minimum atomic E-state index is -0.600. The zero-order valence-electron chi connectivity index (χ0n) is 18.0. The lowest BCUT2D eigenvalue weighted by atomic mass is 9.87. The molecule has 0 saturated carbocycles. The molecule has 2 aromatic heterocycles. The van der Waals surface area contributed by atoms with E-state index in [1.807, 2.05) is 41.9 Å². The molecule has 7 nitrogen and oxygen atoms in total. The van der Waals surface area contributed by atoms with Crippen molar-refractivity contribution in [2.24, 2.45) is 12.8 Å². The number of benzene rings is 2. The fourth-order valence-electron chi connectivity index (χ4n) is 3.29. The van der Waals surface area contributed by atoms with Gasteiger partial charge in [0.2, 0.25) is 5.95 Å². The van der Waals surface area contributed by atoms with Gasteiger partial charge >= 0.3 is 0 Å². The van der Waals surface area contributed by atoms with Crippen LogP contribution in [0.1, 0.15) is 38.2 Å². The molecule has 0 radical (unpaired) electrons. The number of nitrogens with one attached hydrogen (secondary N) is 1. The van der Waals surface area contributed by atoms with E-state index in [4.69, 9.17) is 15.5 Å². The second-order valence-corrected chi connectivity index (χ2v) is 8.44. The number of aromatic nitrogens is 3. The van der Waals surface area contributed by atoms with Crippen LogP contribution >= 0.6 is 0 Å². The van der Waals surface area contributed by atoms with Crippen LogP contribution in [0.5, 0.6) is 11.5 Å². The molecule has 0 aliphatic heterocycles. The van der Waals surface area contributed by atoms with Crippen LogP contribution in [0.25, 0.3) is 11.0 Å². The summed E-state index contributed by atoms with van der Waals surface area (Å²) in [7, 11) is 1.97. The zero-order valence-corrected chi connectivity index (χ0v) is 18.0. The highest BCUT2D eigenvalue weighted by atomic mass is 16.5. The lowest BCUT2D eigenvalue weighted by Crippen LogP contribution is -2.12. The molecular formula is C24H27N5O2. The Morgan fingerprint density at radius 3 is 2.61 bits per heavy atom. The topological polar surface area (TPSA) is 95.1 Å². The predicted molar refractivity (Wildman–Crippen MR) is 124 cm³/mol. The number of anilines is 2. The third-order valence-corrected chi connectivity index (χ3v) is 5.06. The third kappa shape index (κ3) is 4.35. The van der Waals surface area contributed by atoms with Crippen LogP contribution in [0.15, 0.2) is 60.8 Å².